The number of ether oxygens (including phenoxy) is 1. The van der Waals surface area contributed by atoms with Crippen LogP contribution in [0.3, 0.4) is 0 Å². The smallest absolute Gasteiger partial charge is 0.387 e. The minimum absolute atomic E-state index is 0.00118. The molecule has 1 aromatic rings. The Kier molecular flexibility index (Phi) is 4.00. The predicted octanol–water partition coefficient (Wildman–Crippen LogP) is 3.35. The average molecular weight is 284 g/mol. The van der Waals surface area contributed by atoms with Gasteiger partial charge in [0.05, 0.1) is 5.69 Å². The first kappa shape index (κ1) is 11.6. The van der Waals surface area contributed by atoms with Crippen LogP contribution < -0.4 is 10.5 Å². The molecule has 0 saturated heterocycles. The third-order valence-electron chi connectivity index (χ3n) is 1.50. The molecule has 0 amide bonds. The van der Waals surface area contributed by atoms with Crippen LogP contribution in [-0.4, -0.2) is 12.9 Å². The topological polar surface area (TPSA) is 35.2 Å². The molecule has 0 atom stereocenters. The number of nitrogen functional groups attached to an aromatic ring is 1. The summed E-state index contributed by atoms with van der Waals surface area (Å²) in [7, 11) is 0. The van der Waals surface area contributed by atoms with Gasteiger partial charge in [0.1, 0.15) is 0 Å². The largest absolute Gasteiger partial charge is 0.433 e. The molecule has 0 aliphatic rings. The molecule has 6 heteroatoms. The van der Waals surface area contributed by atoms with E-state index in [2.05, 4.69) is 20.7 Å². The number of nitrogens with two attached hydrogens (primary N) is 1. The highest BCUT2D eigenvalue weighted by Crippen LogP contribution is 2.35. The highest BCUT2D eigenvalue weighted by molar-refractivity contribution is 9.10. The first-order chi connectivity index (χ1) is 6.54. The van der Waals surface area contributed by atoms with Crippen molar-refractivity contribution in [3.63, 3.8) is 0 Å². The zero-order chi connectivity index (χ0) is 10.7. The Hall–Kier alpha value is -0.490. The van der Waals surface area contributed by atoms with Crippen molar-refractivity contribution in [3.8, 4) is 5.75 Å². The van der Waals surface area contributed by atoms with Gasteiger partial charge in [-0.15, -0.1) is 11.8 Å². The van der Waals surface area contributed by atoms with Crippen LogP contribution >= 0.6 is 27.7 Å². The van der Waals surface area contributed by atoms with Gasteiger partial charge in [-0.2, -0.15) is 8.78 Å². The lowest BCUT2D eigenvalue weighted by Crippen LogP contribution is -2.05. The molecular weight excluding hydrogens is 276 g/mol. The third kappa shape index (κ3) is 2.75. The van der Waals surface area contributed by atoms with E-state index in [1.807, 2.05) is 6.26 Å². The fourth-order valence-corrected chi connectivity index (χ4v) is 2.09. The van der Waals surface area contributed by atoms with E-state index in [1.165, 1.54) is 17.8 Å². The van der Waals surface area contributed by atoms with Crippen molar-refractivity contribution in [3.05, 3.63) is 16.6 Å². The number of alkyl halides is 2. The van der Waals surface area contributed by atoms with Gasteiger partial charge in [-0.3, -0.25) is 0 Å². The van der Waals surface area contributed by atoms with Crippen molar-refractivity contribution in [2.24, 2.45) is 0 Å². The van der Waals surface area contributed by atoms with E-state index in [4.69, 9.17) is 5.73 Å². The van der Waals surface area contributed by atoms with E-state index < -0.39 is 6.61 Å². The van der Waals surface area contributed by atoms with Crippen molar-refractivity contribution in [2.75, 3.05) is 12.0 Å². The fraction of sp³-hybridized carbons (Fsp3) is 0.250. The molecule has 0 aliphatic carbocycles. The fourth-order valence-electron chi connectivity index (χ4n) is 0.931. The van der Waals surface area contributed by atoms with Crippen molar-refractivity contribution in [2.45, 2.75) is 11.5 Å². The highest BCUT2D eigenvalue weighted by Gasteiger charge is 2.11. The molecule has 0 aromatic heterocycles. The number of halogens is 3. The summed E-state index contributed by atoms with van der Waals surface area (Å²) in [6.45, 7) is -2.86. The number of benzene rings is 1. The van der Waals surface area contributed by atoms with Gasteiger partial charge in [0.2, 0.25) is 0 Å². The summed E-state index contributed by atoms with van der Waals surface area (Å²) >= 11 is 4.56. The summed E-state index contributed by atoms with van der Waals surface area (Å²) in [5.74, 6) is -0.00118. The van der Waals surface area contributed by atoms with Crippen LogP contribution in [0.15, 0.2) is 21.5 Å². The second-order valence-electron chi connectivity index (χ2n) is 2.40. The Bertz CT molecular complexity index is 335. The van der Waals surface area contributed by atoms with E-state index >= 15 is 0 Å². The minimum Gasteiger partial charge on any atom is -0.433 e. The SMILES string of the molecule is CSc1cc(Br)cc(OC(F)F)c1N. The Balaban J connectivity index is 3.08. The van der Waals surface area contributed by atoms with E-state index in [9.17, 15) is 8.78 Å². The monoisotopic (exact) mass is 283 g/mol. The number of anilines is 1. The summed E-state index contributed by atoms with van der Waals surface area (Å²) in [6.07, 6.45) is 1.81. The summed E-state index contributed by atoms with van der Waals surface area (Å²) in [5, 5.41) is 0. The van der Waals surface area contributed by atoms with Crippen molar-refractivity contribution < 1.29 is 13.5 Å². The normalized spacial score (nSPS) is 10.6. The second kappa shape index (κ2) is 4.84. The van der Waals surface area contributed by atoms with Gasteiger partial charge in [0.25, 0.3) is 0 Å². The molecule has 2 N–H and O–H groups in total. The van der Waals surface area contributed by atoms with Crippen LogP contribution in [0.2, 0.25) is 0 Å². The van der Waals surface area contributed by atoms with E-state index in [1.54, 1.807) is 6.07 Å². The van der Waals surface area contributed by atoms with Crippen LogP contribution in [0.1, 0.15) is 0 Å². The van der Waals surface area contributed by atoms with Gasteiger partial charge in [0, 0.05) is 9.37 Å². The zero-order valence-corrected chi connectivity index (χ0v) is 9.66. The summed E-state index contributed by atoms with van der Waals surface area (Å²) < 4.78 is 28.9. The van der Waals surface area contributed by atoms with Gasteiger partial charge in [-0.25, -0.2) is 0 Å². The lowest BCUT2D eigenvalue weighted by atomic mass is 10.3. The molecule has 0 heterocycles. The van der Waals surface area contributed by atoms with Crippen LogP contribution in [0.5, 0.6) is 5.75 Å². The number of rotatable bonds is 3. The number of hydrogen-bond acceptors (Lipinski definition) is 3. The Labute approximate surface area is 92.9 Å². The molecule has 1 rings (SSSR count). The Morgan fingerprint density at radius 2 is 2.14 bits per heavy atom. The first-order valence-corrected chi connectivity index (χ1v) is 5.64. The summed E-state index contributed by atoms with van der Waals surface area (Å²) in [5.41, 5.74) is 5.85. The second-order valence-corrected chi connectivity index (χ2v) is 4.16. The zero-order valence-electron chi connectivity index (χ0n) is 7.26. The molecule has 78 valence electrons. The van der Waals surface area contributed by atoms with Crippen LogP contribution in [0, 0.1) is 0 Å². The van der Waals surface area contributed by atoms with E-state index in [0.717, 1.165) is 0 Å². The third-order valence-corrected chi connectivity index (χ3v) is 2.74. The Morgan fingerprint density at radius 1 is 1.50 bits per heavy atom. The van der Waals surface area contributed by atoms with Crippen molar-refractivity contribution >= 4 is 33.4 Å². The first-order valence-electron chi connectivity index (χ1n) is 3.62. The van der Waals surface area contributed by atoms with E-state index in [-0.39, 0.29) is 11.4 Å². The maximum absolute atomic E-state index is 12.0. The van der Waals surface area contributed by atoms with Gasteiger partial charge >= 0.3 is 6.61 Å². The van der Waals surface area contributed by atoms with Gasteiger partial charge in [-0.05, 0) is 18.4 Å². The summed E-state index contributed by atoms with van der Waals surface area (Å²) in [4.78, 5) is 0.704. The average Bonchev–Trinajstić information content (AvgIpc) is 2.09. The summed E-state index contributed by atoms with van der Waals surface area (Å²) in [6, 6.07) is 3.17. The maximum Gasteiger partial charge on any atom is 0.387 e. The molecule has 0 unspecified atom stereocenters. The van der Waals surface area contributed by atoms with Crippen molar-refractivity contribution in [1.82, 2.24) is 0 Å². The highest BCUT2D eigenvalue weighted by atomic mass is 79.9. The molecule has 0 radical (unpaired) electrons. The minimum atomic E-state index is -2.86. The van der Waals surface area contributed by atoms with Crippen molar-refractivity contribution in [1.29, 1.82) is 0 Å². The number of thioether (sulfide) groups is 1. The van der Waals surface area contributed by atoms with E-state index in [0.29, 0.717) is 9.37 Å². The predicted molar refractivity (Wildman–Crippen MR) is 57.0 cm³/mol. The molecule has 0 saturated carbocycles. The molecule has 1 aromatic carbocycles. The quantitative estimate of drug-likeness (QED) is 0.683. The van der Waals surface area contributed by atoms with Crippen LogP contribution in [0.25, 0.3) is 0 Å². The molecule has 2 nitrogen and oxygen atoms in total. The van der Waals surface area contributed by atoms with Crippen LogP contribution in [0.4, 0.5) is 14.5 Å². The maximum atomic E-state index is 12.0. The lowest BCUT2D eigenvalue weighted by molar-refractivity contribution is -0.0494. The molecule has 0 aliphatic heterocycles. The van der Waals surface area contributed by atoms with Crippen LogP contribution in [-0.2, 0) is 0 Å². The Morgan fingerprint density at radius 3 is 2.64 bits per heavy atom. The standard InChI is InChI=1S/C8H8BrF2NOS/c1-14-6-3-4(9)2-5(7(6)12)13-8(10)11/h2-3,8H,12H2,1H3. The molecule has 14 heavy (non-hydrogen) atoms. The molecule has 0 fully saturated rings. The molecule has 0 bridgehead atoms. The van der Waals surface area contributed by atoms with Gasteiger partial charge in [-0.1, -0.05) is 15.9 Å². The van der Waals surface area contributed by atoms with Gasteiger partial charge < -0.3 is 10.5 Å². The molecular formula is C8H8BrF2NOS. The van der Waals surface area contributed by atoms with Gasteiger partial charge in [0.15, 0.2) is 5.75 Å². The lowest BCUT2D eigenvalue weighted by Gasteiger charge is -2.11. The molecule has 0 spiro atoms. The number of hydrogen-bond donors (Lipinski definition) is 1.